The monoisotopic (exact) mass is 921 g/mol. The maximum Gasteiger partial charge on any atom is 2.00 e. The van der Waals surface area contributed by atoms with Crippen molar-refractivity contribution in [1.29, 1.82) is 0 Å². The van der Waals surface area contributed by atoms with Crippen molar-refractivity contribution in [2.75, 3.05) is 0 Å². The molecular formula is C52H42N2O2Pt. The van der Waals surface area contributed by atoms with Crippen molar-refractivity contribution in [1.82, 2.24) is 9.55 Å². The van der Waals surface area contributed by atoms with Crippen LogP contribution >= 0.6 is 0 Å². The first-order valence-electron chi connectivity index (χ1n) is 19.5. The van der Waals surface area contributed by atoms with Crippen molar-refractivity contribution < 1.29 is 30.9 Å². The van der Waals surface area contributed by atoms with Crippen molar-refractivity contribution >= 4 is 11.0 Å². The second-order valence-corrected chi connectivity index (χ2v) is 16.6. The minimum absolute atomic E-state index is 0. The van der Waals surface area contributed by atoms with Crippen LogP contribution in [0.1, 0.15) is 48.6 Å². The van der Waals surface area contributed by atoms with Crippen LogP contribution in [0.3, 0.4) is 0 Å². The Morgan fingerprint density at radius 3 is 2.14 bits per heavy atom. The van der Waals surface area contributed by atoms with Crippen LogP contribution in [0.15, 0.2) is 146 Å². The zero-order chi connectivity index (χ0) is 38.0. The number of rotatable bonds is 6. The molecule has 1 aromatic heterocycles. The van der Waals surface area contributed by atoms with Crippen molar-refractivity contribution in [2.45, 2.75) is 51.9 Å². The van der Waals surface area contributed by atoms with E-state index in [0.29, 0.717) is 11.5 Å². The van der Waals surface area contributed by atoms with Crippen LogP contribution < -0.4 is 4.74 Å². The molecule has 10 rings (SSSR count). The Morgan fingerprint density at radius 2 is 1.39 bits per heavy atom. The first-order valence-corrected chi connectivity index (χ1v) is 19.5. The van der Waals surface area contributed by atoms with Crippen molar-refractivity contribution in [2.24, 2.45) is 5.41 Å². The molecule has 2 aliphatic carbocycles. The van der Waals surface area contributed by atoms with Gasteiger partial charge in [0.05, 0.1) is 17.1 Å². The van der Waals surface area contributed by atoms with Gasteiger partial charge in [-0.05, 0) is 71.0 Å². The number of phenols is 1. The summed E-state index contributed by atoms with van der Waals surface area (Å²) in [6.45, 7) is 6.70. The van der Waals surface area contributed by atoms with Crippen LogP contribution in [-0.2, 0) is 52.2 Å². The first-order chi connectivity index (χ1) is 27.2. The summed E-state index contributed by atoms with van der Waals surface area (Å²) in [6.07, 6.45) is 3.98. The molecule has 4 nitrogen and oxygen atoms in total. The molecule has 0 radical (unpaired) electrons. The molecule has 282 valence electrons. The topological polar surface area (TPSA) is 47.3 Å². The fourth-order valence-corrected chi connectivity index (χ4v) is 9.13. The summed E-state index contributed by atoms with van der Waals surface area (Å²) in [6, 6.07) is 57.4. The number of aromatic hydroxyl groups is 1. The zero-order valence-electron chi connectivity index (χ0n) is 32.3. The standard InChI is InChI=1S/C52H42N2O2.Pt/c1-51(2,3)39-20-13-19-35(27-39)50-53-49-46(54(50)45-23-11-9-21-41(45)34-15-5-4-6-16-34)24-14-26-48(49)56-40-28-38-32-52(30-36-17-7-8-18-37(36)31-52)33-44(38)43(29-40)42-22-10-12-25-47(42)55;/h4-18,20-28,55H,30-33H2,1-3H3;/q-2;+2. The Hall–Kier alpha value is -5.70. The Morgan fingerprint density at radius 1 is 0.702 bits per heavy atom. The van der Waals surface area contributed by atoms with Gasteiger partial charge >= 0.3 is 21.1 Å². The Balaban J connectivity index is 0.00000422. The summed E-state index contributed by atoms with van der Waals surface area (Å²) in [4.78, 5) is 5.41. The number of benzene rings is 7. The van der Waals surface area contributed by atoms with Gasteiger partial charge < -0.3 is 14.4 Å². The van der Waals surface area contributed by atoms with E-state index in [-0.39, 0.29) is 37.6 Å². The number of hydrogen-bond donors (Lipinski definition) is 1. The number of ether oxygens (including phenoxy) is 1. The van der Waals surface area contributed by atoms with Gasteiger partial charge in [0.1, 0.15) is 5.52 Å². The molecule has 2 aliphatic rings. The van der Waals surface area contributed by atoms with Gasteiger partial charge in [0, 0.05) is 17.0 Å². The predicted octanol–water partition coefficient (Wildman–Crippen LogP) is 12.3. The van der Waals surface area contributed by atoms with E-state index >= 15 is 0 Å². The number of phenolic OH excluding ortho intramolecular Hbond substituents is 1. The smallest absolute Gasteiger partial charge is 0.517 e. The molecular weight excluding hydrogens is 880 g/mol. The third-order valence-corrected chi connectivity index (χ3v) is 11.8. The van der Waals surface area contributed by atoms with Gasteiger partial charge in [0.15, 0.2) is 5.75 Å². The van der Waals surface area contributed by atoms with Crippen LogP contribution in [-0.4, -0.2) is 14.7 Å². The van der Waals surface area contributed by atoms with Gasteiger partial charge in [0.25, 0.3) is 0 Å². The van der Waals surface area contributed by atoms with E-state index in [1.807, 2.05) is 42.5 Å². The third-order valence-electron chi connectivity index (χ3n) is 11.8. The van der Waals surface area contributed by atoms with E-state index < -0.39 is 0 Å². The second-order valence-electron chi connectivity index (χ2n) is 16.6. The Bertz CT molecular complexity index is 2770. The van der Waals surface area contributed by atoms with E-state index in [1.165, 1.54) is 27.8 Å². The number of nitrogens with zero attached hydrogens (tertiary/aromatic N) is 2. The van der Waals surface area contributed by atoms with Crippen molar-refractivity contribution in [3.05, 3.63) is 186 Å². The molecule has 0 saturated carbocycles. The third kappa shape index (κ3) is 6.60. The number of para-hydroxylation sites is 3. The van der Waals surface area contributed by atoms with Gasteiger partial charge in [0.2, 0.25) is 0 Å². The van der Waals surface area contributed by atoms with E-state index in [0.717, 1.165) is 76.0 Å². The summed E-state index contributed by atoms with van der Waals surface area (Å²) in [5, 5.41) is 11.2. The molecule has 0 amide bonds. The SMILES string of the molecule is CC(C)(C)c1cc[c-]c(-c2nc3c(Oc4[c-]c(-c5ccccc5O)c5c(c4)CC4(Cc6ccccc6C4)C5)cccc3n2-c2ccccc2-c2ccccc2)c1.[Pt+2]. The quantitative estimate of drug-likeness (QED) is 0.169. The minimum Gasteiger partial charge on any atom is -0.517 e. The molecule has 0 unspecified atom stereocenters. The fourth-order valence-electron chi connectivity index (χ4n) is 9.13. The molecule has 57 heavy (non-hydrogen) atoms. The van der Waals surface area contributed by atoms with E-state index in [2.05, 4.69) is 135 Å². The fraction of sp³-hybridized carbons (Fsp3) is 0.173. The summed E-state index contributed by atoms with van der Waals surface area (Å²) < 4.78 is 9.20. The number of hydrogen-bond acceptors (Lipinski definition) is 3. The maximum absolute atomic E-state index is 11.2. The zero-order valence-corrected chi connectivity index (χ0v) is 34.5. The molecule has 1 N–H and O–H groups in total. The summed E-state index contributed by atoms with van der Waals surface area (Å²) >= 11 is 0. The molecule has 0 aliphatic heterocycles. The largest absolute Gasteiger partial charge is 2.00 e. The molecule has 0 atom stereocenters. The van der Waals surface area contributed by atoms with Gasteiger partial charge in [-0.25, -0.2) is 0 Å². The average molecular weight is 922 g/mol. The normalized spacial score (nSPS) is 14.0. The second kappa shape index (κ2) is 14.3. The number of aromatic nitrogens is 2. The molecule has 0 bridgehead atoms. The average Bonchev–Trinajstić information content (AvgIpc) is 3.90. The van der Waals surface area contributed by atoms with E-state index in [4.69, 9.17) is 9.72 Å². The Kier molecular flexibility index (Phi) is 9.29. The van der Waals surface area contributed by atoms with Gasteiger partial charge in [-0.3, -0.25) is 4.98 Å². The van der Waals surface area contributed by atoms with Gasteiger partial charge in [-0.15, -0.1) is 52.1 Å². The molecule has 0 fully saturated rings. The molecule has 0 saturated heterocycles. The van der Waals surface area contributed by atoms with Crippen LogP contribution in [0.2, 0.25) is 0 Å². The van der Waals surface area contributed by atoms with E-state index in [9.17, 15) is 5.11 Å². The number of fused-ring (bicyclic) bond motifs is 3. The molecule has 1 spiro atoms. The molecule has 5 heteroatoms. The molecule has 8 aromatic rings. The predicted molar refractivity (Wildman–Crippen MR) is 226 cm³/mol. The van der Waals surface area contributed by atoms with Crippen LogP contribution in [0.5, 0.6) is 17.2 Å². The summed E-state index contributed by atoms with van der Waals surface area (Å²) in [7, 11) is 0. The molecule has 7 aromatic carbocycles. The van der Waals surface area contributed by atoms with Gasteiger partial charge in [-0.2, -0.15) is 0 Å². The Labute approximate surface area is 349 Å². The maximum atomic E-state index is 11.2. The summed E-state index contributed by atoms with van der Waals surface area (Å²) in [5.41, 5.74) is 14.2. The van der Waals surface area contributed by atoms with Crippen LogP contribution in [0, 0.1) is 17.5 Å². The van der Waals surface area contributed by atoms with E-state index in [1.54, 1.807) is 6.07 Å². The summed E-state index contributed by atoms with van der Waals surface area (Å²) in [5.74, 6) is 2.30. The minimum atomic E-state index is -0.0505. The van der Waals surface area contributed by atoms with Crippen LogP contribution in [0.4, 0.5) is 0 Å². The van der Waals surface area contributed by atoms with Crippen molar-refractivity contribution in [3.63, 3.8) is 0 Å². The molecule has 1 heterocycles. The van der Waals surface area contributed by atoms with Crippen LogP contribution in [0.25, 0.3) is 50.4 Å². The first kappa shape index (κ1) is 36.9. The van der Waals surface area contributed by atoms with Gasteiger partial charge in [-0.1, -0.05) is 142 Å². The number of imidazole rings is 1. The van der Waals surface area contributed by atoms with Crippen molar-refractivity contribution in [3.8, 4) is 56.6 Å².